The zero-order valence-electron chi connectivity index (χ0n) is 40.1. The standard InChI is InChI=1S/C68H60N2/c1-3-17-44(18-4-1)51-27-15-19-45-20-16-28-56(66(45)51)54-25-9-13-31-61(54)70(49-34-36-63-57(41-49)55-26-10-14-32-62(55)69(63)48-21-5-2-6-22-48)60-30-12-8-23-50(60)46-33-35-53-52-24-7-11-29-58(52)68(59(53)39-46)64-38-43-37-47-40-65(68)67(47,64)42-43/h2,5-15,19-27,29-36,39,41,43-44,47,56,64-66H,1,3-4,16-18,28,37-38,40,42H2. The van der Waals surface area contributed by atoms with Gasteiger partial charge in [-0.1, -0.05) is 158 Å². The van der Waals surface area contributed by atoms with Crippen molar-refractivity contribution in [1.29, 1.82) is 0 Å². The molecule has 70 heavy (non-hydrogen) atoms. The molecule has 2 spiro atoms. The molecule has 8 aliphatic carbocycles. The predicted molar refractivity (Wildman–Crippen MR) is 289 cm³/mol. The molecule has 8 aliphatic rings. The minimum atomic E-state index is 0.150. The predicted octanol–water partition coefficient (Wildman–Crippen LogP) is 17.7. The summed E-state index contributed by atoms with van der Waals surface area (Å²) in [4.78, 5) is 2.68. The van der Waals surface area contributed by atoms with Crippen LogP contribution < -0.4 is 4.90 Å². The maximum atomic E-state index is 2.70. The summed E-state index contributed by atoms with van der Waals surface area (Å²) in [6, 6.07) is 63.6. The SMILES string of the molecule is C1=CC2=CCCC(c3ccccc3N(c3ccc4c(c3)c3ccccc3n4-c3ccccc3)c3ccccc3-c3ccc4c(c3)C3(c5ccccc5-4)C4CC5CC6CC3C64C5)C2C(C2CCCCC2)=C1. The van der Waals surface area contributed by atoms with E-state index in [9.17, 15) is 0 Å². The minimum absolute atomic E-state index is 0.150. The molecule has 0 saturated heterocycles. The van der Waals surface area contributed by atoms with Gasteiger partial charge < -0.3 is 9.47 Å². The first-order valence-electron chi connectivity index (χ1n) is 27.1. The molecule has 5 saturated carbocycles. The van der Waals surface area contributed by atoms with Gasteiger partial charge in [0.1, 0.15) is 0 Å². The first-order chi connectivity index (χ1) is 34.7. The van der Waals surface area contributed by atoms with Crippen molar-refractivity contribution in [2.45, 2.75) is 82.0 Å². The van der Waals surface area contributed by atoms with Gasteiger partial charge in [0, 0.05) is 44.7 Å². The first kappa shape index (κ1) is 40.1. The van der Waals surface area contributed by atoms with E-state index in [-0.39, 0.29) is 5.41 Å². The van der Waals surface area contributed by atoms with E-state index in [2.05, 4.69) is 198 Å². The Kier molecular flexibility index (Phi) is 8.56. The number of anilines is 3. The molecule has 1 aromatic heterocycles. The number of hydrogen-bond acceptors (Lipinski definition) is 1. The summed E-state index contributed by atoms with van der Waals surface area (Å²) < 4.78 is 2.45. The number of para-hydroxylation sites is 4. The monoisotopic (exact) mass is 904 g/mol. The fourth-order valence-corrected chi connectivity index (χ4v) is 17.9. The van der Waals surface area contributed by atoms with E-state index in [0.717, 1.165) is 36.5 Å². The molecule has 2 heteroatoms. The second kappa shape index (κ2) is 14.9. The molecule has 0 amide bonds. The highest BCUT2D eigenvalue weighted by atomic mass is 15.1. The molecule has 2 bridgehead atoms. The molecule has 0 N–H and O–H groups in total. The molecule has 16 rings (SSSR count). The molecule has 1 heterocycles. The van der Waals surface area contributed by atoms with Crippen LogP contribution in [0.4, 0.5) is 17.1 Å². The van der Waals surface area contributed by atoms with Gasteiger partial charge in [0.25, 0.3) is 0 Å². The Balaban J connectivity index is 0.901. The fourth-order valence-electron chi connectivity index (χ4n) is 17.9. The maximum absolute atomic E-state index is 2.70. The summed E-state index contributed by atoms with van der Waals surface area (Å²) in [5.41, 5.74) is 21.8. The van der Waals surface area contributed by atoms with E-state index in [1.807, 2.05) is 0 Å². The third-order valence-corrected chi connectivity index (χ3v) is 20.2. The van der Waals surface area contributed by atoms with E-state index in [1.165, 1.54) is 136 Å². The van der Waals surface area contributed by atoms with Crippen molar-refractivity contribution >= 4 is 38.9 Å². The first-order valence-corrected chi connectivity index (χ1v) is 27.1. The van der Waals surface area contributed by atoms with Crippen LogP contribution in [-0.4, -0.2) is 4.57 Å². The van der Waals surface area contributed by atoms with Gasteiger partial charge in [-0.25, -0.2) is 0 Å². The van der Waals surface area contributed by atoms with Gasteiger partial charge in [-0.05, 0) is 186 Å². The van der Waals surface area contributed by atoms with Crippen molar-refractivity contribution in [2.24, 2.45) is 40.9 Å². The zero-order chi connectivity index (χ0) is 45.7. The van der Waals surface area contributed by atoms with Gasteiger partial charge in [-0.2, -0.15) is 0 Å². The summed E-state index contributed by atoms with van der Waals surface area (Å²) in [5, 5.41) is 2.56. The summed E-state index contributed by atoms with van der Waals surface area (Å²) in [7, 11) is 0. The maximum Gasteiger partial charge on any atom is 0.0542 e. The Morgan fingerprint density at radius 3 is 2.23 bits per heavy atom. The fraction of sp³-hybridized carbons (Fsp3) is 0.294. The Labute approximate surface area is 413 Å². The third-order valence-electron chi connectivity index (χ3n) is 20.2. The van der Waals surface area contributed by atoms with Crippen molar-refractivity contribution in [2.75, 3.05) is 4.90 Å². The van der Waals surface area contributed by atoms with Crippen LogP contribution >= 0.6 is 0 Å². The summed E-state index contributed by atoms with van der Waals surface area (Å²) in [6.07, 6.45) is 24.7. The Bertz CT molecular complexity index is 3560. The highest BCUT2D eigenvalue weighted by molar-refractivity contribution is 6.11. The van der Waals surface area contributed by atoms with Crippen LogP contribution in [0.1, 0.15) is 93.2 Å². The highest BCUT2D eigenvalue weighted by Gasteiger charge is 2.84. The molecule has 8 unspecified atom stereocenters. The average Bonchev–Trinajstić information content (AvgIpc) is 4.16. The molecule has 342 valence electrons. The number of aromatic nitrogens is 1. The van der Waals surface area contributed by atoms with Gasteiger partial charge in [0.15, 0.2) is 0 Å². The molecular weight excluding hydrogens is 845 g/mol. The number of rotatable bonds is 7. The lowest BCUT2D eigenvalue weighted by atomic mass is 9.27. The lowest BCUT2D eigenvalue weighted by molar-refractivity contribution is -0.231. The highest BCUT2D eigenvalue weighted by Crippen LogP contribution is 2.89. The van der Waals surface area contributed by atoms with Crippen LogP contribution in [0, 0.1) is 40.9 Å². The topological polar surface area (TPSA) is 8.17 Å². The van der Waals surface area contributed by atoms with Crippen molar-refractivity contribution in [3.8, 4) is 27.9 Å². The molecule has 5 fully saturated rings. The Hall–Kier alpha value is -6.64. The van der Waals surface area contributed by atoms with E-state index in [0.29, 0.717) is 23.2 Å². The summed E-state index contributed by atoms with van der Waals surface area (Å²) in [5.74, 6) is 4.91. The van der Waals surface area contributed by atoms with E-state index >= 15 is 0 Å². The number of allylic oxidation sites excluding steroid dienone is 6. The van der Waals surface area contributed by atoms with Crippen LogP contribution in [0.2, 0.25) is 0 Å². The van der Waals surface area contributed by atoms with Gasteiger partial charge in [0.05, 0.1) is 16.7 Å². The van der Waals surface area contributed by atoms with Gasteiger partial charge >= 0.3 is 0 Å². The van der Waals surface area contributed by atoms with E-state index in [1.54, 1.807) is 16.7 Å². The Morgan fingerprint density at radius 2 is 1.33 bits per heavy atom. The van der Waals surface area contributed by atoms with Gasteiger partial charge in [0.2, 0.25) is 0 Å². The minimum Gasteiger partial charge on any atom is -0.310 e. The van der Waals surface area contributed by atoms with Crippen LogP contribution in [0.5, 0.6) is 0 Å². The molecule has 7 aromatic carbocycles. The van der Waals surface area contributed by atoms with E-state index in [4.69, 9.17) is 0 Å². The molecule has 2 nitrogen and oxygen atoms in total. The normalized spacial score (nSPS) is 28.7. The lowest BCUT2D eigenvalue weighted by Crippen LogP contribution is -2.73. The van der Waals surface area contributed by atoms with E-state index < -0.39 is 0 Å². The number of fused-ring (bicyclic) bond motifs is 12. The summed E-state index contributed by atoms with van der Waals surface area (Å²) >= 11 is 0. The summed E-state index contributed by atoms with van der Waals surface area (Å²) in [6.45, 7) is 0. The van der Waals surface area contributed by atoms with Crippen molar-refractivity contribution in [3.05, 3.63) is 216 Å². The van der Waals surface area contributed by atoms with Gasteiger partial charge in [-0.15, -0.1) is 0 Å². The van der Waals surface area contributed by atoms with Crippen molar-refractivity contribution in [1.82, 2.24) is 4.57 Å². The molecule has 8 atom stereocenters. The second-order valence-corrected chi connectivity index (χ2v) is 22.9. The molecule has 0 radical (unpaired) electrons. The quantitative estimate of drug-likeness (QED) is 0.155. The Morgan fingerprint density at radius 1 is 0.571 bits per heavy atom. The van der Waals surface area contributed by atoms with Crippen molar-refractivity contribution in [3.63, 3.8) is 0 Å². The van der Waals surface area contributed by atoms with Crippen LogP contribution in [0.3, 0.4) is 0 Å². The van der Waals surface area contributed by atoms with Crippen LogP contribution in [0.25, 0.3) is 49.7 Å². The number of nitrogens with zero attached hydrogens (tertiary/aromatic N) is 2. The van der Waals surface area contributed by atoms with Crippen LogP contribution in [-0.2, 0) is 5.41 Å². The second-order valence-electron chi connectivity index (χ2n) is 22.9. The third kappa shape index (κ3) is 5.25. The van der Waals surface area contributed by atoms with Crippen molar-refractivity contribution < 1.29 is 0 Å². The number of benzene rings is 7. The number of hydrogen-bond donors (Lipinski definition) is 0. The largest absolute Gasteiger partial charge is 0.310 e. The van der Waals surface area contributed by atoms with Gasteiger partial charge in [-0.3, -0.25) is 0 Å². The average molecular weight is 905 g/mol. The lowest BCUT2D eigenvalue weighted by Gasteiger charge is -2.76. The smallest absolute Gasteiger partial charge is 0.0542 e. The molecule has 0 aliphatic heterocycles. The zero-order valence-corrected chi connectivity index (χ0v) is 40.1. The van der Waals surface area contributed by atoms with Crippen LogP contribution in [0.15, 0.2) is 199 Å². The molecule has 8 aromatic rings. The molecular formula is C68H60N2.